The van der Waals surface area contributed by atoms with E-state index in [1.165, 1.54) is 7.11 Å². The van der Waals surface area contributed by atoms with Crippen molar-refractivity contribution < 1.29 is 14.3 Å². The average Bonchev–Trinajstić information content (AvgIpc) is 2.63. The number of aromatic nitrogens is 1. The second-order valence-corrected chi connectivity index (χ2v) is 6.21. The predicted molar refractivity (Wildman–Crippen MR) is 102 cm³/mol. The van der Waals surface area contributed by atoms with Crippen molar-refractivity contribution in [2.75, 3.05) is 19.0 Å². The van der Waals surface area contributed by atoms with Gasteiger partial charge in [0.25, 0.3) is 0 Å². The Morgan fingerprint density at radius 2 is 1.92 bits per heavy atom. The Labute approximate surface area is 154 Å². The van der Waals surface area contributed by atoms with Gasteiger partial charge in [0.1, 0.15) is 5.75 Å². The van der Waals surface area contributed by atoms with Crippen LogP contribution in [0.4, 0.5) is 11.4 Å². The summed E-state index contributed by atoms with van der Waals surface area (Å²) >= 11 is 3.42. The van der Waals surface area contributed by atoms with E-state index in [0.717, 1.165) is 27.0 Å². The van der Waals surface area contributed by atoms with Crippen molar-refractivity contribution in [3.8, 4) is 5.75 Å². The van der Waals surface area contributed by atoms with Crippen LogP contribution >= 0.6 is 15.9 Å². The summed E-state index contributed by atoms with van der Waals surface area (Å²) in [4.78, 5) is 16.3. The van der Waals surface area contributed by atoms with Gasteiger partial charge in [-0.1, -0.05) is 15.9 Å². The molecule has 0 aliphatic carbocycles. The fraction of sp³-hybridized carbons (Fsp3) is 0.158. The number of carbonyl (C=O) groups excluding carboxylic acids is 1. The highest BCUT2D eigenvalue weighted by Crippen LogP contribution is 2.30. The Morgan fingerprint density at radius 3 is 2.60 bits per heavy atom. The average molecular weight is 401 g/mol. The second-order valence-electron chi connectivity index (χ2n) is 5.29. The SMILES string of the molecule is CCOc1ccc2nc(C(=O)OC)cc(Nc3ccc(Br)cc3)c2c1. The van der Waals surface area contributed by atoms with Crippen molar-refractivity contribution in [1.82, 2.24) is 4.98 Å². The number of ether oxygens (including phenoxy) is 2. The molecule has 3 rings (SSSR count). The molecule has 0 aliphatic rings. The molecular formula is C19H17BrN2O3. The van der Waals surface area contributed by atoms with Crippen molar-refractivity contribution in [1.29, 1.82) is 0 Å². The zero-order chi connectivity index (χ0) is 17.8. The van der Waals surface area contributed by atoms with E-state index < -0.39 is 5.97 Å². The van der Waals surface area contributed by atoms with Crippen LogP contribution in [0.1, 0.15) is 17.4 Å². The molecule has 128 valence electrons. The summed E-state index contributed by atoms with van der Waals surface area (Å²) in [5.74, 6) is 0.274. The lowest BCUT2D eigenvalue weighted by Crippen LogP contribution is -2.06. The highest BCUT2D eigenvalue weighted by atomic mass is 79.9. The van der Waals surface area contributed by atoms with Crippen molar-refractivity contribution in [3.05, 3.63) is 58.7 Å². The third-order valence-electron chi connectivity index (χ3n) is 3.61. The van der Waals surface area contributed by atoms with E-state index in [0.29, 0.717) is 12.1 Å². The number of anilines is 2. The number of halogens is 1. The molecule has 0 amide bonds. The first kappa shape index (κ1) is 17.2. The van der Waals surface area contributed by atoms with Crippen molar-refractivity contribution >= 4 is 44.2 Å². The van der Waals surface area contributed by atoms with Gasteiger partial charge in [-0.25, -0.2) is 9.78 Å². The highest BCUT2D eigenvalue weighted by molar-refractivity contribution is 9.10. The van der Waals surface area contributed by atoms with Crippen LogP contribution in [-0.2, 0) is 4.74 Å². The van der Waals surface area contributed by atoms with E-state index >= 15 is 0 Å². The largest absolute Gasteiger partial charge is 0.494 e. The number of nitrogens with zero attached hydrogens (tertiary/aromatic N) is 1. The van der Waals surface area contributed by atoms with Gasteiger partial charge >= 0.3 is 5.97 Å². The molecule has 0 aliphatic heterocycles. The van der Waals surface area contributed by atoms with Gasteiger partial charge in [-0.05, 0) is 55.5 Å². The minimum Gasteiger partial charge on any atom is -0.494 e. The Balaban J connectivity index is 2.11. The summed E-state index contributed by atoms with van der Waals surface area (Å²) in [6.07, 6.45) is 0. The molecule has 3 aromatic rings. The van der Waals surface area contributed by atoms with Crippen LogP contribution in [-0.4, -0.2) is 24.7 Å². The third kappa shape index (κ3) is 3.91. The van der Waals surface area contributed by atoms with Gasteiger partial charge in [0.05, 0.1) is 24.9 Å². The van der Waals surface area contributed by atoms with Crippen molar-refractivity contribution in [3.63, 3.8) is 0 Å². The lowest BCUT2D eigenvalue weighted by molar-refractivity contribution is 0.0594. The summed E-state index contributed by atoms with van der Waals surface area (Å²) in [7, 11) is 1.34. The summed E-state index contributed by atoms with van der Waals surface area (Å²) in [5.41, 5.74) is 2.59. The molecule has 0 saturated heterocycles. The molecule has 25 heavy (non-hydrogen) atoms. The van der Waals surface area contributed by atoms with E-state index in [1.54, 1.807) is 6.07 Å². The first-order chi connectivity index (χ1) is 12.1. The molecule has 1 heterocycles. The molecule has 0 fully saturated rings. The number of hydrogen-bond acceptors (Lipinski definition) is 5. The lowest BCUT2D eigenvalue weighted by atomic mass is 10.1. The monoisotopic (exact) mass is 400 g/mol. The number of pyridine rings is 1. The fourth-order valence-corrected chi connectivity index (χ4v) is 2.73. The van der Waals surface area contributed by atoms with Gasteiger partial charge < -0.3 is 14.8 Å². The Bertz CT molecular complexity index is 910. The minimum atomic E-state index is -0.477. The molecule has 0 bridgehead atoms. The fourth-order valence-electron chi connectivity index (χ4n) is 2.46. The van der Waals surface area contributed by atoms with E-state index in [2.05, 4.69) is 26.2 Å². The second kappa shape index (κ2) is 7.53. The normalized spacial score (nSPS) is 10.5. The summed E-state index contributed by atoms with van der Waals surface area (Å²) < 4.78 is 11.4. The number of methoxy groups -OCH3 is 1. The van der Waals surface area contributed by atoms with Crippen LogP contribution in [0.3, 0.4) is 0 Å². The molecule has 0 unspecified atom stereocenters. The van der Waals surface area contributed by atoms with Gasteiger partial charge in [-0.2, -0.15) is 0 Å². The van der Waals surface area contributed by atoms with Gasteiger partial charge in [0.15, 0.2) is 5.69 Å². The third-order valence-corrected chi connectivity index (χ3v) is 4.14. The Morgan fingerprint density at radius 1 is 1.16 bits per heavy atom. The minimum absolute atomic E-state index is 0.249. The maximum absolute atomic E-state index is 11.9. The Hall–Kier alpha value is -2.60. The molecule has 2 aromatic carbocycles. The predicted octanol–water partition coefficient (Wildman–Crippen LogP) is 4.93. The van der Waals surface area contributed by atoms with E-state index in [9.17, 15) is 4.79 Å². The summed E-state index contributed by atoms with van der Waals surface area (Å²) in [6, 6.07) is 15.0. The van der Waals surface area contributed by atoms with Gasteiger partial charge in [0, 0.05) is 15.5 Å². The lowest BCUT2D eigenvalue weighted by Gasteiger charge is -2.13. The topological polar surface area (TPSA) is 60.5 Å². The number of benzene rings is 2. The molecule has 1 aromatic heterocycles. The highest BCUT2D eigenvalue weighted by Gasteiger charge is 2.13. The number of nitrogens with one attached hydrogen (secondary N) is 1. The quantitative estimate of drug-likeness (QED) is 0.615. The molecule has 0 saturated carbocycles. The first-order valence-corrected chi connectivity index (χ1v) is 8.58. The number of fused-ring (bicyclic) bond motifs is 1. The summed E-state index contributed by atoms with van der Waals surface area (Å²) in [5, 5.41) is 4.20. The number of esters is 1. The molecule has 5 nitrogen and oxygen atoms in total. The van der Waals surface area contributed by atoms with Crippen LogP contribution in [0, 0.1) is 0 Å². The van der Waals surface area contributed by atoms with Gasteiger partial charge in [0.2, 0.25) is 0 Å². The number of carbonyl (C=O) groups is 1. The molecule has 6 heteroatoms. The number of rotatable bonds is 5. The van der Waals surface area contributed by atoms with Gasteiger partial charge in [-0.3, -0.25) is 0 Å². The molecule has 0 spiro atoms. The van der Waals surface area contributed by atoms with E-state index in [-0.39, 0.29) is 5.69 Å². The molecule has 0 atom stereocenters. The smallest absolute Gasteiger partial charge is 0.356 e. The maximum atomic E-state index is 11.9. The molecule has 1 N–H and O–H groups in total. The standard InChI is InChI=1S/C19H17BrN2O3/c1-3-25-14-8-9-16-15(10-14)17(11-18(22-16)19(23)24-2)21-13-6-4-12(20)5-7-13/h4-11H,3H2,1-2H3,(H,21,22). The zero-order valence-corrected chi connectivity index (χ0v) is 15.5. The van der Waals surface area contributed by atoms with Crippen LogP contribution in [0.5, 0.6) is 5.75 Å². The zero-order valence-electron chi connectivity index (χ0n) is 13.9. The number of hydrogen-bond donors (Lipinski definition) is 1. The molecular weight excluding hydrogens is 384 g/mol. The molecule has 0 radical (unpaired) electrons. The van der Waals surface area contributed by atoms with E-state index in [4.69, 9.17) is 9.47 Å². The summed E-state index contributed by atoms with van der Waals surface area (Å²) in [6.45, 7) is 2.51. The van der Waals surface area contributed by atoms with Crippen LogP contribution < -0.4 is 10.1 Å². The first-order valence-electron chi connectivity index (χ1n) is 7.79. The van der Waals surface area contributed by atoms with Crippen molar-refractivity contribution in [2.24, 2.45) is 0 Å². The Kier molecular flexibility index (Phi) is 5.19. The van der Waals surface area contributed by atoms with Crippen LogP contribution in [0.2, 0.25) is 0 Å². The van der Waals surface area contributed by atoms with Gasteiger partial charge in [-0.15, -0.1) is 0 Å². The van der Waals surface area contributed by atoms with E-state index in [1.807, 2.05) is 49.4 Å². The van der Waals surface area contributed by atoms with Crippen molar-refractivity contribution in [2.45, 2.75) is 6.92 Å². The maximum Gasteiger partial charge on any atom is 0.356 e. The van der Waals surface area contributed by atoms with Crippen LogP contribution in [0.25, 0.3) is 10.9 Å². The van der Waals surface area contributed by atoms with Crippen LogP contribution in [0.15, 0.2) is 53.0 Å².